The van der Waals surface area contributed by atoms with Crippen molar-refractivity contribution in [1.82, 2.24) is 5.32 Å². The van der Waals surface area contributed by atoms with Crippen LogP contribution in [-0.4, -0.2) is 26.2 Å². The van der Waals surface area contributed by atoms with Gasteiger partial charge in [0.15, 0.2) is 6.61 Å². The zero-order valence-electron chi connectivity index (χ0n) is 11.0. The molecule has 6 heteroatoms. The molecule has 102 valence electrons. The molecule has 0 saturated carbocycles. The topological polar surface area (TPSA) is 97.4 Å². The highest BCUT2D eigenvalue weighted by atomic mass is 16.5. The highest BCUT2D eigenvalue weighted by Gasteiger charge is 2.11. The number of rotatable bonds is 6. The van der Waals surface area contributed by atoms with E-state index in [0.29, 0.717) is 11.5 Å². The average Bonchev–Trinajstić information content (AvgIpc) is 2.42. The number of benzene rings is 1. The Bertz CT molecular complexity index is 481. The van der Waals surface area contributed by atoms with E-state index >= 15 is 0 Å². The van der Waals surface area contributed by atoms with E-state index in [1.54, 1.807) is 25.3 Å². The van der Waals surface area contributed by atoms with E-state index < -0.39 is 0 Å². The Hall–Kier alpha value is -2.26. The molecule has 6 nitrogen and oxygen atoms in total. The van der Waals surface area contributed by atoms with Crippen molar-refractivity contribution in [3.05, 3.63) is 23.8 Å². The summed E-state index contributed by atoms with van der Waals surface area (Å²) in [5, 5.41) is 10.7. The highest BCUT2D eigenvalue weighted by molar-refractivity contribution is 5.77. The van der Waals surface area contributed by atoms with Gasteiger partial charge in [-0.1, -0.05) is 6.07 Å². The first-order valence-electron chi connectivity index (χ1n) is 5.78. The molecule has 0 radical (unpaired) electrons. The second kappa shape index (κ2) is 7.24. The molecule has 0 unspecified atom stereocenters. The van der Waals surface area contributed by atoms with Gasteiger partial charge in [0.2, 0.25) is 0 Å². The summed E-state index contributed by atoms with van der Waals surface area (Å²) >= 11 is 0. The maximum atomic E-state index is 11.4. The number of nitrogens with zero attached hydrogens (tertiary/aromatic N) is 1. The van der Waals surface area contributed by atoms with Crippen LogP contribution >= 0.6 is 0 Å². The highest BCUT2D eigenvalue weighted by Crippen LogP contribution is 2.28. The van der Waals surface area contributed by atoms with Gasteiger partial charge >= 0.3 is 0 Å². The second-order valence-corrected chi connectivity index (χ2v) is 3.92. The van der Waals surface area contributed by atoms with E-state index in [1.807, 2.05) is 13.0 Å². The van der Waals surface area contributed by atoms with Crippen LogP contribution < -0.4 is 20.5 Å². The summed E-state index contributed by atoms with van der Waals surface area (Å²) in [6, 6.07) is 6.85. The Morgan fingerprint density at radius 1 is 1.58 bits per heavy atom. The lowest BCUT2D eigenvalue weighted by Gasteiger charge is -2.14. The summed E-state index contributed by atoms with van der Waals surface area (Å²) < 4.78 is 10.5. The minimum absolute atomic E-state index is 0.0412. The summed E-state index contributed by atoms with van der Waals surface area (Å²) in [4.78, 5) is 11.4. The first-order chi connectivity index (χ1) is 9.08. The van der Waals surface area contributed by atoms with Crippen molar-refractivity contribution in [2.24, 2.45) is 5.73 Å². The van der Waals surface area contributed by atoms with E-state index in [1.165, 1.54) is 0 Å². The first-order valence-corrected chi connectivity index (χ1v) is 5.78. The first kappa shape index (κ1) is 14.8. The third kappa shape index (κ3) is 4.48. The smallest absolute Gasteiger partial charge is 0.258 e. The molecule has 1 rings (SSSR count). The summed E-state index contributed by atoms with van der Waals surface area (Å²) in [6.07, 6.45) is 0. The van der Waals surface area contributed by atoms with Crippen LogP contribution in [0.1, 0.15) is 18.5 Å². The van der Waals surface area contributed by atoms with Gasteiger partial charge in [-0.05, 0) is 13.0 Å². The van der Waals surface area contributed by atoms with Gasteiger partial charge in [-0.25, -0.2) is 0 Å². The van der Waals surface area contributed by atoms with Gasteiger partial charge in [-0.15, -0.1) is 0 Å². The number of carbonyl (C=O) groups is 1. The van der Waals surface area contributed by atoms with Crippen molar-refractivity contribution < 1.29 is 14.3 Å². The molecule has 1 aromatic carbocycles. The lowest BCUT2D eigenvalue weighted by atomic mass is 10.1. The normalized spacial score (nSPS) is 11.3. The van der Waals surface area contributed by atoms with Crippen molar-refractivity contribution in [3.63, 3.8) is 0 Å². The van der Waals surface area contributed by atoms with Crippen LogP contribution in [0.15, 0.2) is 18.2 Å². The lowest BCUT2D eigenvalue weighted by Crippen LogP contribution is -2.29. The molecule has 0 fully saturated rings. The molecule has 0 aliphatic carbocycles. The largest absolute Gasteiger partial charge is 0.497 e. The molecule has 0 aromatic heterocycles. The van der Waals surface area contributed by atoms with Gasteiger partial charge in [0, 0.05) is 17.7 Å². The van der Waals surface area contributed by atoms with Crippen molar-refractivity contribution in [2.75, 3.05) is 20.3 Å². The van der Waals surface area contributed by atoms with Gasteiger partial charge in [0.05, 0.1) is 13.2 Å². The quantitative estimate of drug-likeness (QED) is 0.737. The Labute approximate surface area is 112 Å². The maximum absolute atomic E-state index is 11.4. The molecule has 0 aliphatic heterocycles. The SMILES string of the molecule is COc1ccc([C@H](C)N)c(OCC(=O)NCC#N)c1. The molecule has 1 atom stereocenters. The number of nitrogens with one attached hydrogen (secondary N) is 1. The molecule has 0 saturated heterocycles. The molecule has 0 spiro atoms. The zero-order valence-corrected chi connectivity index (χ0v) is 11.0. The summed E-state index contributed by atoms with van der Waals surface area (Å²) in [5.74, 6) is 0.762. The van der Waals surface area contributed by atoms with E-state index in [2.05, 4.69) is 5.32 Å². The van der Waals surface area contributed by atoms with Gasteiger partial charge in [-0.2, -0.15) is 5.26 Å². The van der Waals surface area contributed by atoms with Gasteiger partial charge in [-0.3, -0.25) is 4.79 Å². The molecule has 0 bridgehead atoms. The summed E-state index contributed by atoms with van der Waals surface area (Å²) in [7, 11) is 1.55. The van der Waals surface area contributed by atoms with Crippen LogP contribution in [0.4, 0.5) is 0 Å². The fourth-order valence-corrected chi connectivity index (χ4v) is 1.48. The van der Waals surface area contributed by atoms with Crippen LogP contribution in [0.2, 0.25) is 0 Å². The van der Waals surface area contributed by atoms with Gasteiger partial charge in [0.1, 0.15) is 18.0 Å². The predicted molar refractivity (Wildman–Crippen MR) is 69.7 cm³/mol. The molecule has 19 heavy (non-hydrogen) atoms. The Kier molecular flexibility index (Phi) is 5.64. The fourth-order valence-electron chi connectivity index (χ4n) is 1.48. The minimum atomic E-state index is -0.361. The van der Waals surface area contributed by atoms with E-state index in [4.69, 9.17) is 20.5 Å². The predicted octanol–water partition coefficient (Wildman–Crippen LogP) is 0.733. The van der Waals surface area contributed by atoms with Crippen molar-refractivity contribution >= 4 is 5.91 Å². The molecule has 1 amide bonds. The van der Waals surface area contributed by atoms with E-state index in [-0.39, 0.29) is 25.1 Å². The third-order valence-corrected chi connectivity index (χ3v) is 2.43. The number of amides is 1. The lowest BCUT2D eigenvalue weighted by molar-refractivity contribution is -0.122. The third-order valence-electron chi connectivity index (χ3n) is 2.43. The number of nitrogens with two attached hydrogens (primary N) is 1. The molecule has 1 aromatic rings. The molecular weight excluding hydrogens is 246 g/mol. The van der Waals surface area contributed by atoms with E-state index in [0.717, 1.165) is 5.56 Å². The monoisotopic (exact) mass is 263 g/mol. The molecule has 3 N–H and O–H groups in total. The molecule has 0 heterocycles. The van der Waals surface area contributed by atoms with Crippen molar-refractivity contribution in [1.29, 1.82) is 5.26 Å². The van der Waals surface area contributed by atoms with Crippen LogP contribution in [0.25, 0.3) is 0 Å². The standard InChI is InChI=1S/C13H17N3O3/c1-9(15)11-4-3-10(18-2)7-12(11)19-8-13(17)16-6-5-14/h3-4,7,9H,6,8,15H2,1-2H3,(H,16,17)/t9-/m0/s1. The zero-order chi connectivity index (χ0) is 14.3. The molecule has 0 aliphatic rings. The summed E-state index contributed by atoms with van der Waals surface area (Å²) in [6.45, 7) is 1.61. The summed E-state index contributed by atoms with van der Waals surface area (Å²) in [5.41, 5.74) is 6.61. The average molecular weight is 263 g/mol. The van der Waals surface area contributed by atoms with Crippen molar-refractivity contribution in [2.45, 2.75) is 13.0 Å². The number of hydrogen-bond acceptors (Lipinski definition) is 5. The van der Waals surface area contributed by atoms with Crippen LogP contribution in [0.3, 0.4) is 0 Å². The molecular formula is C13H17N3O3. The second-order valence-electron chi connectivity index (χ2n) is 3.92. The Balaban J connectivity index is 2.75. The minimum Gasteiger partial charge on any atom is -0.497 e. The van der Waals surface area contributed by atoms with Crippen molar-refractivity contribution in [3.8, 4) is 17.6 Å². The maximum Gasteiger partial charge on any atom is 0.258 e. The Morgan fingerprint density at radius 2 is 2.32 bits per heavy atom. The van der Waals surface area contributed by atoms with E-state index in [9.17, 15) is 4.79 Å². The number of hydrogen-bond donors (Lipinski definition) is 2. The van der Waals surface area contributed by atoms with Gasteiger partial charge in [0.25, 0.3) is 5.91 Å². The van der Waals surface area contributed by atoms with Gasteiger partial charge < -0.3 is 20.5 Å². The fraction of sp³-hybridized carbons (Fsp3) is 0.385. The number of methoxy groups -OCH3 is 1. The number of carbonyl (C=O) groups excluding carboxylic acids is 1. The number of ether oxygens (including phenoxy) is 2. The van der Waals surface area contributed by atoms with Crippen LogP contribution in [-0.2, 0) is 4.79 Å². The number of nitriles is 1. The van der Waals surface area contributed by atoms with Crippen LogP contribution in [0.5, 0.6) is 11.5 Å². The Morgan fingerprint density at radius 3 is 2.89 bits per heavy atom. The van der Waals surface area contributed by atoms with Crippen LogP contribution in [0, 0.1) is 11.3 Å².